The van der Waals surface area contributed by atoms with Crippen LogP contribution >= 0.6 is 0 Å². The molecule has 0 aromatic rings. The lowest BCUT2D eigenvalue weighted by Crippen LogP contribution is -3.00. The molecular formula is C8H13ClF3O2-. The molecule has 2 nitrogen and oxygen atoms in total. The Morgan fingerprint density at radius 2 is 1.93 bits per heavy atom. The Labute approximate surface area is 86.9 Å². The zero-order chi connectivity index (χ0) is 10.5. The summed E-state index contributed by atoms with van der Waals surface area (Å²) < 4.78 is 36.4. The first kappa shape index (κ1) is 16.0. The molecule has 86 valence electrons. The molecule has 0 aromatic carbocycles. The predicted molar refractivity (Wildman–Crippen MR) is 41.3 cm³/mol. The summed E-state index contributed by atoms with van der Waals surface area (Å²) in [4.78, 5) is 10.1. The molecule has 0 aliphatic heterocycles. The predicted octanol–water partition coefficient (Wildman–Crippen LogP) is -0.166. The maximum absolute atomic E-state index is 12.1. The van der Waals surface area contributed by atoms with Crippen LogP contribution in [0, 0.1) is 5.92 Å². The van der Waals surface area contributed by atoms with Gasteiger partial charge in [0, 0.05) is 0 Å². The average molecular weight is 234 g/mol. The van der Waals surface area contributed by atoms with E-state index in [9.17, 15) is 18.0 Å². The normalized spacial score (nSPS) is 13.1. The zero-order valence-corrected chi connectivity index (χ0v) is 8.53. The van der Waals surface area contributed by atoms with Gasteiger partial charge in [0.2, 0.25) is 0 Å². The monoisotopic (exact) mass is 233 g/mol. The molecule has 0 aliphatic rings. The molecule has 1 atom stereocenters. The molecule has 0 fully saturated rings. The van der Waals surface area contributed by atoms with E-state index in [2.05, 4.69) is 0 Å². The molecule has 0 amide bonds. The number of aliphatic carboxylic acids is 1. The fourth-order valence-corrected chi connectivity index (χ4v) is 1.04. The van der Waals surface area contributed by atoms with Gasteiger partial charge in [0.15, 0.2) is 0 Å². The van der Waals surface area contributed by atoms with E-state index < -0.39 is 24.5 Å². The van der Waals surface area contributed by atoms with Gasteiger partial charge in [0.25, 0.3) is 0 Å². The van der Waals surface area contributed by atoms with Crippen molar-refractivity contribution in [2.75, 3.05) is 0 Å². The van der Waals surface area contributed by atoms with Gasteiger partial charge in [-0.25, -0.2) is 0 Å². The zero-order valence-electron chi connectivity index (χ0n) is 7.77. The van der Waals surface area contributed by atoms with Crippen LogP contribution in [0.1, 0.15) is 32.6 Å². The van der Waals surface area contributed by atoms with Crippen LogP contribution in [0.15, 0.2) is 0 Å². The maximum atomic E-state index is 12.1. The van der Waals surface area contributed by atoms with Crippen LogP contribution in [0.25, 0.3) is 0 Å². The number of hydrogen-bond donors (Lipinski definition) is 1. The van der Waals surface area contributed by atoms with Crippen molar-refractivity contribution >= 4 is 5.97 Å². The van der Waals surface area contributed by atoms with Crippen molar-refractivity contribution in [3.05, 3.63) is 0 Å². The van der Waals surface area contributed by atoms with E-state index in [0.717, 1.165) is 0 Å². The molecule has 1 unspecified atom stereocenters. The summed E-state index contributed by atoms with van der Waals surface area (Å²) in [6.07, 6.45) is -4.23. The number of carboxylic acids is 1. The molecule has 0 saturated carbocycles. The lowest BCUT2D eigenvalue weighted by Gasteiger charge is -2.17. The van der Waals surface area contributed by atoms with Gasteiger partial charge in [-0.15, -0.1) is 0 Å². The molecular weight excluding hydrogens is 221 g/mol. The third kappa shape index (κ3) is 7.00. The minimum absolute atomic E-state index is 0. The Kier molecular flexibility index (Phi) is 7.91. The highest BCUT2D eigenvalue weighted by atomic mass is 35.5. The second-order valence-electron chi connectivity index (χ2n) is 2.98. The van der Waals surface area contributed by atoms with Crippen molar-refractivity contribution in [1.82, 2.24) is 0 Å². The summed E-state index contributed by atoms with van der Waals surface area (Å²) in [7, 11) is 0. The van der Waals surface area contributed by atoms with Gasteiger partial charge in [-0.2, -0.15) is 13.2 Å². The number of carbonyl (C=O) groups is 1. The van der Waals surface area contributed by atoms with E-state index in [0.29, 0.717) is 12.8 Å². The molecule has 0 spiro atoms. The van der Waals surface area contributed by atoms with Crippen molar-refractivity contribution < 1.29 is 35.5 Å². The number of unbranched alkanes of at least 4 members (excludes halogenated alkanes) is 1. The second kappa shape index (κ2) is 6.92. The summed E-state index contributed by atoms with van der Waals surface area (Å²) in [5.41, 5.74) is 0. The van der Waals surface area contributed by atoms with Gasteiger partial charge in [-0.1, -0.05) is 19.8 Å². The SMILES string of the molecule is CCCCC(CC(=O)O)C(F)(F)F.[Cl-]. The third-order valence-corrected chi connectivity index (χ3v) is 1.79. The first-order valence-electron chi connectivity index (χ1n) is 4.16. The van der Waals surface area contributed by atoms with Crippen molar-refractivity contribution in [2.24, 2.45) is 5.92 Å². The highest BCUT2D eigenvalue weighted by molar-refractivity contribution is 5.67. The summed E-state index contributed by atoms with van der Waals surface area (Å²) in [6.45, 7) is 1.77. The Morgan fingerprint density at radius 3 is 2.21 bits per heavy atom. The van der Waals surface area contributed by atoms with Crippen LogP contribution in [0.4, 0.5) is 13.2 Å². The third-order valence-electron chi connectivity index (χ3n) is 1.79. The number of carboxylic acid groups (broad SMARTS) is 1. The van der Waals surface area contributed by atoms with E-state index in [-0.39, 0.29) is 18.8 Å². The van der Waals surface area contributed by atoms with Gasteiger partial charge in [-0.3, -0.25) is 4.79 Å². The molecule has 0 rings (SSSR count). The Hall–Kier alpha value is -0.450. The molecule has 1 N–H and O–H groups in total. The molecule has 0 saturated heterocycles. The van der Waals surface area contributed by atoms with E-state index in [1.807, 2.05) is 0 Å². The standard InChI is InChI=1S/C8H13F3O2.ClH/c1-2-3-4-6(5-7(12)13)8(9,10)11;/h6H,2-5H2,1H3,(H,12,13);1H/p-1. The van der Waals surface area contributed by atoms with E-state index in [1.165, 1.54) is 0 Å². The van der Waals surface area contributed by atoms with Crippen molar-refractivity contribution in [2.45, 2.75) is 38.8 Å². The lowest BCUT2D eigenvalue weighted by atomic mass is 9.98. The number of rotatable bonds is 5. The first-order chi connectivity index (χ1) is 5.88. The van der Waals surface area contributed by atoms with Gasteiger partial charge < -0.3 is 17.5 Å². The molecule has 14 heavy (non-hydrogen) atoms. The van der Waals surface area contributed by atoms with Crippen LogP contribution in [-0.2, 0) is 4.79 Å². The maximum Gasteiger partial charge on any atom is 0.392 e. The Balaban J connectivity index is 0. The van der Waals surface area contributed by atoms with Crippen LogP contribution in [-0.4, -0.2) is 17.3 Å². The fourth-order valence-electron chi connectivity index (χ4n) is 1.04. The van der Waals surface area contributed by atoms with Crippen molar-refractivity contribution in [1.29, 1.82) is 0 Å². The topological polar surface area (TPSA) is 37.3 Å². The van der Waals surface area contributed by atoms with E-state index in [4.69, 9.17) is 5.11 Å². The average Bonchev–Trinajstić information content (AvgIpc) is 1.95. The summed E-state index contributed by atoms with van der Waals surface area (Å²) in [6, 6.07) is 0. The van der Waals surface area contributed by atoms with Crippen LogP contribution in [0.3, 0.4) is 0 Å². The largest absolute Gasteiger partial charge is 1.00 e. The molecule has 0 heterocycles. The summed E-state index contributed by atoms with van der Waals surface area (Å²) >= 11 is 0. The molecule has 0 aliphatic carbocycles. The van der Waals surface area contributed by atoms with Gasteiger partial charge in [0.05, 0.1) is 12.3 Å². The fraction of sp³-hybridized carbons (Fsp3) is 0.875. The van der Waals surface area contributed by atoms with Crippen molar-refractivity contribution in [3.63, 3.8) is 0 Å². The van der Waals surface area contributed by atoms with Crippen LogP contribution in [0.5, 0.6) is 0 Å². The molecule has 0 aromatic heterocycles. The quantitative estimate of drug-likeness (QED) is 0.716. The summed E-state index contributed by atoms with van der Waals surface area (Å²) in [5.74, 6) is -3.08. The smallest absolute Gasteiger partial charge is 0.392 e. The molecule has 6 heteroatoms. The number of alkyl halides is 3. The van der Waals surface area contributed by atoms with Gasteiger partial charge in [0.1, 0.15) is 0 Å². The van der Waals surface area contributed by atoms with Crippen molar-refractivity contribution in [3.8, 4) is 0 Å². The van der Waals surface area contributed by atoms with Crippen LogP contribution in [0.2, 0.25) is 0 Å². The number of halogens is 4. The summed E-state index contributed by atoms with van der Waals surface area (Å²) in [5, 5.41) is 8.25. The van der Waals surface area contributed by atoms with E-state index in [1.54, 1.807) is 6.92 Å². The first-order valence-corrected chi connectivity index (χ1v) is 4.16. The van der Waals surface area contributed by atoms with E-state index >= 15 is 0 Å². The minimum Gasteiger partial charge on any atom is -1.00 e. The highest BCUT2D eigenvalue weighted by Crippen LogP contribution is 2.32. The van der Waals surface area contributed by atoms with Gasteiger partial charge in [-0.05, 0) is 6.42 Å². The van der Waals surface area contributed by atoms with Gasteiger partial charge >= 0.3 is 12.1 Å². The highest BCUT2D eigenvalue weighted by Gasteiger charge is 2.39. The number of hydrogen-bond acceptors (Lipinski definition) is 1. The Bertz CT molecular complexity index is 170. The lowest BCUT2D eigenvalue weighted by molar-refractivity contribution is -0.184. The molecule has 0 radical (unpaired) electrons. The minimum atomic E-state index is -4.38. The Morgan fingerprint density at radius 1 is 1.43 bits per heavy atom. The van der Waals surface area contributed by atoms with Crippen LogP contribution < -0.4 is 12.4 Å². The molecule has 0 bridgehead atoms. The second-order valence-corrected chi connectivity index (χ2v) is 2.98.